The zero-order valence-electron chi connectivity index (χ0n) is 7.70. The Morgan fingerprint density at radius 2 is 2.21 bits per heavy atom. The standard InChI is InChI=1S/C11H11BrN2/c12-11-6-5-10(14-11)9-3-1-8(7-13)2-4-9/h1,3,5-6,10-11,14H,2,4H2. The molecule has 2 atom stereocenters. The van der Waals surface area contributed by atoms with Crippen molar-refractivity contribution in [1.82, 2.24) is 5.32 Å². The predicted molar refractivity (Wildman–Crippen MR) is 59.8 cm³/mol. The number of allylic oxidation sites excluding steroid dienone is 3. The van der Waals surface area contributed by atoms with Gasteiger partial charge in [0.05, 0.1) is 11.0 Å². The second-order valence-corrected chi connectivity index (χ2v) is 4.46. The van der Waals surface area contributed by atoms with Gasteiger partial charge >= 0.3 is 0 Å². The summed E-state index contributed by atoms with van der Waals surface area (Å²) < 4.78 is 0. The molecule has 2 nitrogen and oxygen atoms in total. The molecule has 0 saturated heterocycles. The van der Waals surface area contributed by atoms with Crippen LogP contribution in [-0.4, -0.2) is 11.0 Å². The molecule has 72 valence electrons. The molecule has 2 unspecified atom stereocenters. The van der Waals surface area contributed by atoms with Crippen LogP contribution < -0.4 is 5.32 Å². The first-order valence-corrected chi connectivity index (χ1v) is 5.59. The molecule has 0 bridgehead atoms. The van der Waals surface area contributed by atoms with Crippen molar-refractivity contribution < 1.29 is 0 Å². The van der Waals surface area contributed by atoms with E-state index in [1.807, 2.05) is 6.08 Å². The minimum absolute atomic E-state index is 0.287. The van der Waals surface area contributed by atoms with Crippen molar-refractivity contribution in [1.29, 1.82) is 5.26 Å². The minimum Gasteiger partial charge on any atom is -0.292 e. The SMILES string of the molecule is N#CC1=CC=C(C2C=CC(Br)N2)CC1. The van der Waals surface area contributed by atoms with Crippen LogP contribution in [-0.2, 0) is 0 Å². The third kappa shape index (κ3) is 1.97. The minimum atomic E-state index is 0.287. The maximum atomic E-state index is 8.70. The van der Waals surface area contributed by atoms with Gasteiger partial charge in [0.25, 0.3) is 0 Å². The molecule has 3 heteroatoms. The summed E-state index contributed by atoms with van der Waals surface area (Å²) in [5, 5.41) is 12.1. The summed E-state index contributed by atoms with van der Waals surface area (Å²) in [6.07, 6.45) is 10.1. The van der Waals surface area contributed by atoms with Crippen molar-refractivity contribution in [3.63, 3.8) is 0 Å². The van der Waals surface area contributed by atoms with Gasteiger partial charge in [0, 0.05) is 11.6 Å². The van der Waals surface area contributed by atoms with Crippen LogP contribution in [0.3, 0.4) is 0 Å². The van der Waals surface area contributed by atoms with E-state index in [1.54, 1.807) is 0 Å². The summed E-state index contributed by atoms with van der Waals surface area (Å²) in [5.74, 6) is 0. The lowest BCUT2D eigenvalue weighted by Crippen LogP contribution is -2.28. The smallest absolute Gasteiger partial charge is 0.0947 e. The summed E-state index contributed by atoms with van der Waals surface area (Å²) >= 11 is 3.48. The van der Waals surface area contributed by atoms with Crippen molar-refractivity contribution in [2.75, 3.05) is 0 Å². The van der Waals surface area contributed by atoms with Gasteiger partial charge < -0.3 is 0 Å². The number of hydrogen-bond donors (Lipinski definition) is 1. The lowest BCUT2D eigenvalue weighted by atomic mass is 9.94. The molecule has 0 aromatic carbocycles. The van der Waals surface area contributed by atoms with E-state index in [0.29, 0.717) is 6.04 Å². The maximum absolute atomic E-state index is 8.70. The van der Waals surface area contributed by atoms with E-state index >= 15 is 0 Å². The number of alkyl halides is 1. The van der Waals surface area contributed by atoms with Gasteiger partial charge in [-0.1, -0.05) is 34.2 Å². The molecule has 0 fully saturated rings. The van der Waals surface area contributed by atoms with Crippen LogP contribution in [0.15, 0.2) is 35.5 Å². The highest BCUT2D eigenvalue weighted by Crippen LogP contribution is 2.24. The van der Waals surface area contributed by atoms with E-state index in [4.69, 9.17) is 5.26 Å². The quantitative estimate of drug-likeness (QED) is 0.441. The molecule has 0 aromatic rings. The Balaban J connectivity index is 2.08. The highest BCUT2D eigenvalue weighted by atomic mass is 79.9. The summed E-state index contributed by atoms with van der Waals surface area (Å²) in [7, 11) is 0. The lowest BCUT2D eigenvalue weighted by Gasteiger charge is -2.17. The molecule has 0 spiro atoms. The van der Waals surface area contributed by atoms with Crippen LogP contribution in [0.1, 0.15) is 12.8 Å². The zero-order valence-corrected chi connectivity index (χ0v) is 9.29. The molecule has 1 heterocycles. The van der Waals surface area contributed by atoms with Crippen molar-refractivity contribution in [3.8, 4) is 6.07 Å². The number of rotatable bonds is 1. The van der Waals surface area contributed by atoms with Crippen molar-refractivity contribution >= 4 is 15.9 Å². The van der Waals surface area contributed by atoms with Gasteiger partial charge in [0.1, 0.15) is 0 Å². The summed E-state index contributed by atoms with van der Waals surface area (Å²) in [6.45, 7) is 0. The third-order valence-electron chi connectivity index (χ3n) is 2.54. The fourth-order valence-electron chi connectivity index (χ4n) is 1.73. The maximum Gasteiger partial charge on any atom is 0.0947 e. The number of halogens is 1. The number of nitrogens with one attached hydrogen (secondary N) is 1. The van der Waals surface area contributed by atoms with E-state index in [2.05, 4.69) is 45.5 Å². The van der Waals surface area contributed by atoms with E-state index in [-0.39, 0.29) is 4.95 Å². The van der Waals surface area contributed by atoms with Gasteiger partial charge in [-0.3, -0.25) is 5.32 Å². The topological polar surface area (TPSA) is 35.8 Å². The van der Waals surface area contributed by atoms with Crippen LogP contribution in [0.4, 0.5) is 0 Å². The predicted octanol–water partition coefficient (Wildman–Crippen LogP) is 2.41. The molecule has 0 saturated carbocycles. The van der Waals surface area contributed by atoms with E-state index in [1.165, 1.54) is 5.57 Å². The van der Waals surface area contributed by atoms with E-state index < -0.39 is 0 Å². The van der Waals surface area contributed by atoms with E-state index in [9.17, 15) is 0 Å². The van der Waals surface area contributed by atoms with Crippen molar-refractivity contribution in [3.05, 3.63) is 35.5 Å². The van der Waals surface area contributed by atoms with Gasteiger partial charge in [-0.15, -0.1) is 0 Å². The summed E-state index contributed by atoms with van der Waals surface area (Å²) in [4.78, 5) is 0.287. The number of nitrogens with zero attached hydrogens (tertiary/aromatic N) is 1. The Morgan fingerprint density at radius 3 is 2.71 bits per heavy atom. The molecule has 1 aliphatic heterocycles. The lowest BCUT2D eigenvalue weighted by molar-refractivity contribution is 0.690. The molecular weight excluding hydrogens is 240 g/mol. The van der Waals surface area contributed by atoms with Crippen LogP contribution in [0, 0.1) is 11.3 Å². The van der Waals surface area contributed by atoms with Crippen LogP contribution in [0.2, 0.25) is 0 Å². The first kappa shape index (κ1) is 9.70. The average Bonchev–Trinajstić information content (AvgIpc) is 2.65. The Morgan fingerprint density at radius 1 is 1.36 bits per heavy atom. The Hall–Kier alpha value is -0.850. The number of nitriles is 1. The van der Waals surface area contributed by atoms with Gasteiger partial charge in [-0.05, 0) is 24.5 Å². The van der Waals surface area contributed by atoms with Crippen molar-refractivity contribution in [2.45, 2.75) is 23.8 Å². The molecular formula is C11H11BrN2. The second kappa shape index (κ2) is 4.12. The summed E-state index contributed by atoms with van der Waals surface area (Å²) in [6, 6.07) is 2.54. The van der Waals surface area contributed by atoms with E-state index in [0.717, 1.165) is 18.4 Å². The highest BCUT2D eigenvalue weighted by Gasteiger charge is 2.19. The zero-order chi connectivity index (χ0) is 9.97. The molecule has 0 aromatic heterocycles. The molecule has 14 heavy (non-hydrogen) atoms. The molecule has 2 aliphatic rings. The van der Waals surface area contributed by atoms with Gasteiger partial charge in [0.2, 0.25) is 0 Å². The second-order valence-electron chi connectivity index (χ2n) is 3.48. The van der Waals surface area contributed by atoms with Crippen molar-refractivity contribution in [2.24, 2.45) is 0 Å². The van der Waals surface area contributed by atoms with Crippen LogP contribution in [0.25, 0.3) is 0 Å². The third-order valence-corrected chi connectivity index (χ3v) is 3.11. The Labute approximate surface area is 92.1 Å². The molecule has 1 N–H and O–H groups in total. The average molecular weight is 251 g/mol. The summed E-state index contributed by atoms with van der Waals surface area (Å²) in [5.41, 5.74) is 2.24. The Bertz CT molecular complexity index is 360. The monoisotopic (exact) mass is 250 g/mol. The fourth-order valence-corrected chi connectivity index (χ4v) is 2.19. The normalized spacial score (nSPS) is 30.9. The van der Waals surface area contributed by atoms with Gasteiger partial charge in [-0.25, -0.2) is 0 Å². The molecule has 2 rings (SSSR count). The Kier molecular flexibility index (Phi) is 2.85. The highest BCUT2D eigenvalue weighted by molar-refractivity contribution is 9.09. The first-order chi connectivity index (χ1) is 6.79. The molecule has 0 radical (unpaired) electrons. The molecule has 1 aliphatic carbocycles. The first-order valence-electron chi connectivity index (χ1n) is 4.68. The number of hydrogen-bond acceptors (Lipinski definition) is 2. The van der Waals surface area contributed by atoms with Gasteiger partial charge in [-0.2, -0.15) is 5.26 Å². The molecule has 0 amide bonds. The van der Waals surface area contributed by atoms with Crippen LogP contribution in [0.5, 0.6) is 0 Å². The largest absolute Gasteiger partial charge is 0.292 e. The van der Waals surface area contributed by atoms with Crippen LogP contribution >= 0.6 is 15.9 Å². The van der Waals surface area contributed by atoms with Gasteiger partial charge in [0.15, 0.2) is 0 Å². The fraction of sp³-hybridized carbons (Fsp3) is 0.364.